The van der Waals surface area contributed by atoms with Gasteiger partial charge in [0.1, 0.15) is 0 Å². The first-order valence-corrected chi connectivity index (χ1v) is 3.84. The van der Waals surface area contributed by atoms with Gasteiger partial charge in [0.2, 0.25) is 5.24 Å². The quantitative estimate of drug-likeness (QED) is 0.713. The summed E-state index contributed by atoms with van der Waals surface area (Å²) >= 11 is 5.17. The number of carbonyl (C=O) groups excluding carboxylic acids is 1. The predicted octanol–water partition coefficient (Wildman–Crippen LogP) is 1.60. The van der Waals surface area contributed by atoms with Gasteiger partial charge in [-0.2, -0.15) is 0 Å². The van der Waals surface area contributed by atoms with E-state index in [1.807, 2.05) is 30.3 Å². The third-order valence-electron chi connectivity index (χ3n) is 1.19. The lowest BCUT2D eigenvalue weighted by atomic mass is 10.2. The molecule has 0 unspecified atom stereocenters. The van der Waals surface area contributed by atoms with Crippen LogP contribution >= 0.6 is 11.6 Å². The number of aliphatic hydroxyl groups is 1. The Morgan fingerprint density at radius 2 is 1.83 bits per heavy atom. The second kappa shape index (κ2) is 6.83. The molecular weight excluding hydrogens is 176 g/mol. The molecule has 0 spiro atoms. The lowest BCUT2D eigenvalue weighted by Crippen LogP contribution is -1.91. The Kier molecular flexibility index (Phi) is 6.34. The Labute approximate surface area is 76.8 Å². The lowest BCUT2D eigenvalue weighted by Gasteiger charge is -1.92. The molecule has 1 rings (SSSR count). The van der Waals surface area contributed by atoms with Crippen LogP contribution in [0.3, 0.4) is 0 Å². The molecule has 0 atom stereocenters. The summed E-state index contributed by atoms with van der Waals surface area (Å²) in [7, 11) is 1.00. The fraction of sp³-hybridized carbons (Fsp3) is 0.222. The summed E-state index contributed by atoms with van der Waals surface area (Å²) in [6.45, 7) is 0. The molecule has 0 fully saturated rings. The fourth-order valence-electron chi connectivity index (χ4n) is 0.756. The number of benzene rings is 1. The Hall–Kier alpha value is -0.860. The molecule has 1 aromatic carbocycles. The van der Waals surface area contributed by atoms with E-state index >= 15 is 0 Å². The van der Waals surface area contributed by atoms with Crippen LogP contribution in [-0.4, -0.2) is 17.5 Å². The number of hydrogen-bond donors (Lipinski definition) is 1. The summed E-state index contributed by atoms with van der Waals surface area (Å²) in [4.78, 5) is 10.4. The minimum absolute atomic E-state index is 0.314. The van der Waals surface area contributed by atoms with Crippen molar-refractivity contribution in [2.75, 3.05) is 7.11 Å². The Morgan fingerprint density at radius 3 is 2.25 bits per heavy atom. The zero-order chi connectivity index (χ0) is 9.40. The van der Waals surface area contributed by atoms with Gasteiger partial charge in [-0.15, -0.1) is 0 Å². The van der Waals surface area contributed by atoms with Crippen LogP contribution in [0.2, 0.25) is 0 Å². The number of aliphatic hydroxyl groups excluding tert-OH is 1. The van der Waals surface area contributed by atoms with E-state index in [2.05, 4.69) is 0 Å². The van der Waals surface area contributed by atoms with E-state index in [0.29, 0.717) is 6.42 Å². The van der Waals surface area contributed by atoms with Gasteiger partial charge < -0.3 is 5.11 Å². The molecule has 0 aliphatic heterocycles. The average molecular weight is 187 g/mol. The monoisotopic (exact) mass is 186 g/mol. The summed E-state index contributed by atoms with van der Waals surface area (Å²) in [6.07, 6.45) is 0.322. The van der Waals surface area contributed by atoms with Gasteiger partial charge in [-0.1, -0.05) is 30.3 Å². The van der Waals surface area contributed by atoms with E-state index in [9.17, 15) is 4.79 Å². The molecule has 0 saturated carbocycles. The van der Waals surface area contributed by atoms with Gasteiger partial charge in [-0.05, 0) is 17.2 Å². The van der Waals surface area contributed by atoms with Crippen molar-refractivity contribution in [2.24, 2.45) is 0 Å². The van der Waals surface area contributed by atoms with Crippen molar-refractivity contribution in [3.05, 3.63) is 35.9 Å². The molecular formula is C9H11ClO2. The molecule has 2 nitrogen and oxygen atoms in total. The first-order valence-electron chi connectivity index (χ1n) is 3.46. The van der Waals surface area contributed by atoms with Crippen LogP contribution in [0.25, 0.3) is 0 Å². The molecule has 0 aliphatic rings. The third kappa shape index (κ3) is 4.88. The van der Waals surface area contributed by atoms with Crippen molar-refractivity contribution in [2.45, 2.75) is 6.42 Å². The molecule has 3 heteroatoms. The maximum atomic E-state index is 10.4. The van der Waals surface area contributed by atoms with Gasteiger partial charge >= 0.3 is 0 Å². The molecule has 0 aromatic heterocycles. The lowest BCUT2D eigenvalue weighted by molar-refractivity contribution is -0.111. The summed E-state index contributed by atoms with van der Waals surface area (Å²) in [6, 6.07) is 9.42. The van der Waals surface area contributed by atoms with Gasteiger partial charge in [-0.25, -0.2) is 0 Å². The van der Waals surface area contributed by atoms with Gasteiger partial charge in [0.25, 0.3) is 0 Å². The Bertz CT molecular complexity index is 221. The van der Waals surface area contributed by atoms with Crippen LogP contribution in [0.15, 0.2) is 30.3 Å². The maximum Gasteiger partial charge on any atom is 0.226 e. The second-order valence-electron chi connectivity index (χ2n) is 2.02. The highest BCUT2D eigenvalue weighted by Crippen LogP contribution is 2.00. The molecule has 0 radical (unpaired) electrons. The zero-order valence-corrected chi connectivity index (χ0v) is 7.58. The number of halogens is 1. The summed E-state index contributed by atoms with van der Waals surface area (Å²) < 4.78 is 0. The van der Waals surface area contributed by atoms with E-state index in [-0.39, 0.29) is 5.24 Å². The molecule has 0 heterocycles. The highest BCUT2D eigenvalue weighted by atomic mass is 35.5. The summed E-state index contributed by atoms with van der Waals surface area (Å²) in [5.41, 5.74) is 0.961. The highest BCUT2D eigenvalue weighted by Gasteiger charge is 1.95. The molecule has 0 bridgehead atoms. The largest absolute Gasteiger partial charge is 0.400 e. The minimum Gasteiger partial charge on any atom is -0.400 e. The van der Waals surface area contributed by atoms with Crippen LogP contribution in [0.4, 0.5) is 0 Å². The predicted molar refractivity (Wildman–Crippen MR) is 49.1 cm³/mol. The first kappa shape index (κ1) is 11.1. The van der Waals surface area contributed by atoms with Gasteiger partial charge in [-0.3, -0.25) is 4.79 Å². The van der Waals surface area contributed by atoms with Gasteiger partial charge in [0.05, 0.1) is 0 Å². The standard InChI is InChI=1S/C8H7ClO.CH4O/c9-8(10)6-7-4-2-1-3-5-7;1-2/h1-5H,6H2;2H,1H3. The Balaban J connectivity index is 0.000000561. The molecule has 0 amide bonds. The fourth-order valence-corrected chi connectivity index (χ4v) is 0.911. The van der Waals surface area contributed by atoms with Crippen molar-refractivity contribution < 1.29 is 9.90 Å². The SMILES string of the molecule is CO.O=C(Cl)Cc1ccccc1. The number of carbonyl (C=O) groups is 1. The molecule has 1 N–H and O–H groups in total. The van der Waals surface area contributed by atoms with E-state index in [1.165, 1.54) is 0 Å². The van der Waals surface area contributed by atoms with E-state index < -0.39 is 0 Å². The van der Waals surface area contributed by atoms with E-state index in [4.69, 9.17) is 16.7 Å². The van der Waals surface area contributed by atoms with Crippen molar-refractivity contribution >= 4 is 16.8 Å². The normalized spacial score (nSPS) is 8.25. The van der Waals surface area contributed by atoms with Crippen molar-refractivity contribution in [3.8, 4) is 0 Å². The van der Waals surface area contributed by atoms with Crippen LogP contribution in [0.5, 0.6) is 0 Å². The average Bonchev–Trinajstić information content (AvgIpc) is 2.08. The van der Waals surface area contributed by atoms with Crippen LogP contribution < -0.4 is 0 Å². The first-order chi connectivity index (χ1) is 5.79. The third-order valence-corrected chi connectivity index (χ3v) is 1.32. The zero-order valence-electron chi connectivity index (χ0n) is 6.83. The van der Waals surface area contributed by atoms with Crippen LogP contribution in [-0.2, 0) is 11.2 Å². The topological polar surface area (TPSA) is 37.3 Å². The van der Waals surface area contributed by atoms with E-state index in [1.54, 1.807) is 0 Å². The van der Waals surface area contributed by atoms with Gasteiger partial charge in [0, 0.05) is 13.5 Å². The van der Waals surface area contributed by atoms with Crippen LogP contribution in [0, 0.1) is 0 Å². The smallest absolute Gasteiger partial charge is 0.226 e. The van der Waals surface area contributed by atoms with Gasteiger partial charge in [0.15, 0.2) is 0 Å². The summed E-state index contributed by atoms with van der Waals surface area (Å²) in [5, 5.41) is 6.69. The highest BCUT2D eigenvalue weighted by molar-refractivity contribution is 6.63. The summed E-state index contributed by atoms with van der Waals surface area (Å²) in [5.74, 6) is 0. The minimum atomic E-state index is -0.314. The molecule has 0 aliphatic carbocycles. The second-order valence-corrected chi connectivity index (χ2v) is 2.44. The number of hydrogen-bond acceptors (Lipinski definition) is 2. The van der Waals surface area contributed by atoms with E-state index in [0.717, 1.165) is 12.7 Å². The molecule has 66 valence electrons. The van der Waals surface area contributed by atoms with Crippen molar-refractivity contribution in [1.29, 1.82) is 0 Å². The molecule has 0 saturated heterocycles. The molecule has 1 aromatic rings. The van der Waals surface area contributed by atoms with Crippen LogP contribution in [0.1, 0.15) is 5.56 Å². The van der Waals surface area contributed by atoms with Crippen molar-refractivity contribution in [3.63, 3.8) is 0 Å². The maximum absolute atomic E-state index is 10.4. The number of rotatable bonds is 2. The van der Waals surface area contributed by atoms with Crippen molar-refractivity contribution in [1.82, 2.24) is 0 Å². The Morgan fingerprint density at radius 1 is 1.33 bits per heavy atom. The molecule has 12 heavy (non-hydrogen) atoms.